The van der Waals surface area contributed by atoms with Gasteiger partial charge in [0.05, 0.1) is 47.9 Å². The van der Waals surface area contributed by atoms with Crippen LogP contribution >= 0.6 is 0 Å². The number of nitrogens with one attached hydrogen (secondary N) is 4. The van der Waals surface area contributed by atoms with Crippen molar-refractivity contribution in [3.05, 3.63) is 71.6 Å². The van der Waals surface area contributed by atoms with Crippen LogP contribution in [0.3, 0.4) is 0 Å². The predicted molar refractivity (Wildman–Crippen MR) is 263 cm³/mol. The van der Waals surface area contributed by atoms with Crippen LogP contribution in [0.15, 0.2) is 48.8 Å². The van der Waals surface area contributed by atoms with Gasteiger partial charge in [0.15, 0.2) is 0 Å². The molecule has 2 aromatic heterocycles. The second-order valence-corrected chi connectivity index (χ2v) is 21.5. The van der Waals surface area contributed by atoms with Crippen molar-refractivity contribution in [1.82, 2.24) is 40.4 Å². The number of carbonyl (C=O) groups is 4. The summed E-state index contributed by atoms with van der Waals surface area (Å²) in [5, 5.41) is 25.3. The Bertz CT molecular complexity index is 2590. The molecule has 70 heavy (non-hydrogen) atoms. The van der Waals surface area contributed by atoms with E-state index in [0.717, 1.165) is 109 Å². The molecule has 2 saturated carbocycles. The van der Waals surface area contributed by atoms with Crippen LogP contribution in [-0.4, -0.2) is 113 Å². The Morgan fingerprint density at radius 2 is 1.04 bits per heavy atom. The first-order valence-corrected chi connectivity index (χ1v) is 25.9. The molecule has 16 heteroatoms. The number of likely N-dealkylation sites (tertiary alicyclic amines) is 2. The molecule has 14 atom stereocenters. The highest BCUT2D eigenvalue weighted by Gasteiger charge is 2.51. The summed E-state index contributed by atoms with van der Waals surface area (Å²) in [4.78, 5) is 74.3. The smallest absolute Gasteiger partial charge is 0.405 e. The van der Waals surface area contributed by atoms with Gasteiger partial charge in [0.1, 0.15) is 23.7 Å². The SMILES string of the molecule is Cc1c(-c2ccc(-c3c[nH]c([C@@H]4CC[C@H](C)N4C(=O)[C@@H](NC(=O)O)[C@@H]4C[C@@H](C)O[C@H]5CCC[C@@H]45)n3)cc2)ccc(-c2c[nH]c([C@@H]3CC[C@H](C)N3C(=O)[C@@H](NC(=O)O)[C@@H]3C[C@@H](C)O[C@H]4CCC[C@@H]34)n2)c1C. The molecule has 0 unspecified atom stereocenters. The maximum atomic E-state index is 14.6. The Balaban J connectivity index is 0.838. The highest BCUT2D eigenvalue weighted by molar-refractivity contribution is 5.87. The van der Waals surface area contributed by atoms with Crippen molar-refractivity contribution in [3.63, 3.8) is 0 Å². The van der Waals surface area contributed by atoms with Crippen molar-refractivity contribution < 1.29 is 38.9 Å². The van der Waals surface area contributed by atoms with Gasteiger partial charge in [-0.05, 0) is 152 Å². The molecule has 4 saturated heterocycles. The van der Waals surface area contributed by atoms with E-state index in [9.17, 15) is 29.4 Å². The normalized spacial score (nSPS) is 31.5. The minimum absolute atomic E-state index is 0.0404. The first-order valence-electron chi connectivity index (χ1n) is 25.9. The number of rotatable bonds is 11. The van der Waals surface area contributed by atoms with E-state index >= 15 is 0 Å². The Hall–Kier alpha value is -5.74. The molecular weight excluding hydrogens is 889 g/mol. The minimum atomic E-state index is -1.19. The Morgan fingerprint density at radius 3 is 1.54 bits per heavy atom. The number of carboxylic acid groups (broad SMARTS) is 2. The molecule has 4 aromatic rings. The predicted octanol–water partition coefficient (Wildman–Crippen LogP) is 9.31. The molecule has 6 N–H and O–H groups in total. The molecule has 10 rings (SSSR count). The number of fused-ring (bicyclic) bond motifs is 2. The summed E-state index contributed by atoms with van der Waals surface area (Å²) in [6, 6.07) is 10.1. The second kappa shape index (κ2) is 19.5. The highest BCUT2D eigenvalue weighted by Crippen LogP contribution is 2.47. The van der Waals surface area contributed by atoms with Crippen LogP contribution in [0.2, 0.25) is 0 Å². The topological polar surface area (TPSA) is 215 Å². The summed E-state index contributed by atoms with van der Waals surface area (Å²) in [5.41, 5.74) is 7.85. The van der Waals surface area contributed by atoms with Gasteiger partial charge in [0, 0.05) is 35.6 Å². The van der Waals surface area contributed by atoms with Crippen LogP contribution in [0.5, 0.6) is 0 Å². The van der Waals surface area contributed by atoms with Crippen molar-refractivity contribution in [2.75, 3.05) is 0 Å². The number of hydrogen-bond donors (Lipinski definition) is 6. The molecule has 0 bridgehead atoms. The lowest BCUT2D eigenvalue weighted by molar-refractivity contribution is -0.144. The molecule has 0 radical (unpaired) electrons. The second-order valence-electron chi connectivity index (χ2n) is 21.5. The van der Waals surface area contributed by atoms with Gasteiger partial charge in [-0.15, -0.1) is 0 Å². The fourth-order valence-electron chi connectivity index (χ4n) is 13.9. The van der Waals surface area contributed by atoms with E-state index in [1.165, 1.54) is 0 Å². The number of hydrogen-bond acceptors (Lipinski definition) is 8. The van der Waals surface area contributed by atoms with Crippen molar-refractivity contribution in [2.45, 2.75) is 179 Å². The fraction of sp³-hybridized carbons (Fsp3) is 0.593. The van der Waals surface area contributed by atoms with Crippen LogP contribution in [0, 0.1) is 37.5 Å². The van der Waals surface area contributed by atoms with Crippen molar-refractivity contribution in [2.24, 2.45) is 23.7 Å². The van der Waals surface area contributed by atoms with Crippen molar-refractivity contribution >= 4 is 24.0 Å². The van der Waals surface area contributed by atoms with Gasteiger partial charge in [-0.25, -0.2) is 19.6 Å². The van der Waals surface area contributed by atoms with Crippen LogP contribution < -0.4 is 10.6 Å². The molecule has 6 aliphatic rings. The van der Waals surface area contributed by atoms with Gasteiger partial charge in [0.25, 0.3) is 0 Å². The van der Waals surface area contributed by atoms with E-state index in [4.69, 9.17) is 19.4 Å². The maximum absolute atomic E-state index is 14.6. The molecule has 2 aromatic carbocycles. The first kappa shape index (κ1) is 47.9. The molecule has 374 valence electrons. The third-order valence-corrected chi connectivity index (χ3v) is 17.3. The number of aromatic nitrogens is 4. The standard InChI is InChI=1S/C54H70N8O8/c1-27-13-21-43(61(27)51(63)47(59-53(65)66)39-23-29(3)69-45-11-7-9-37(39)45)49-55-25-41(57-49)34-17-15-33(16-18-34)35-19-20-36(32(6)31(35)5)42-26-56-50(58-42)44-22-14-28(2)62(44)52(64)48(60-54(67)68)40-24-30(4)70-46-12-8-10-38(40)46/h15-20,25-30,37-40,43-48,59-60H,7-14,21-24H2,1-6H3,(H,55,57)(H,56,58)(H,65,66)(H,67,68)/t27-,28-,29+,30+,37-,38-,39+,40+,43-,44-,45-,46-,47-,48-/m0/s1. The van der Waals surface area contributed by atoms with Gasteiger partial charge in [-0.1, -0.05) is 49.2 Å². The lowest BCUT2D eigenvalue weighted by atomic mass is 9.77. The van der Waals surface area contributed by atoms with Gasteiger partial charge in [0.2, 0.25) is 11.8 Å². The highest BCUT2D eigenvalue weighted by atomic mass is 16.5. The molecule has 2 aliphatic carbocycles. The fourth-order valence-corrected chi connectivity index (χ4v) is 13.9. The number of nitrogens with zero attached hydrogens (tertiary/aromatic N) is 4. The minimum Gasteiger partial charge on any atom is -0.465 e. The largest absolute Gasteiger partial charge is 0.465 e. The summed E-state index contributed by atoms with van der Waals surface area (Å²) in [7, 11) is 0. The molecule has 4 aliphatic heterocycles. The summed E-state index contributed by atoms with van der Waals surface area (Å²) >= 11 is 0. The molecule has 0 spiro atoms. The van der Waals surface area contributed by atoms with Gasteiger partial charge < -0.3 is 50.1 Å². The Morgan fingerprint density at radius 1 is 0.600 bits per heavy atom. The van der Waals surface area contributed by atoms with Crippen LogP contribution in [0.4, 0.5) is 9.59 Å². The summed E-state index contributed by atoms with van der Waals surface area (Å²) in [5.74, 6) is 1.07. The van der Waals surface area contributed by atoms with Gasteiger partial charge in [-0.2, -0.15) is 0 Å². The van der Waals surface area contributed by atoms with Gasteiger partial charge >= 0.3 is 12.2 Å². The van der Waals surface area contributed by atoms with Crippen molar-refractivity contribution in [1.29, 1.82) is 0 Å². The molecular formula is C54H70N8O8. The number of amides is 4. The Labute approximate surface area is 410 Å². The summed E-state index contributed by atoms with van der Waals surface area (Å²) < 4.78 is 12.5. The van der Waals surface area contributed by atoms with E-state index < -0.39 is 24.3 Å². The maximum Gasteiger partial charge on any atom is 0.405 e. The van der Waals surface area contributed by atoms with Crippen molar-refractivity contribution in [3.8, 4) is 33.6 Å². The third-order valence-electron chi connectivity index (χ3n) is 17.3. The number of aromatic amines is 2. The summed E-state index contributed by atoms with van der Waals surface area (Å²) in [6.07, 6.45) is 11.6. The van der Waals surface area contributed by atoms with Crippen LogP contribution in [-0.2, 0) is 19.1 Å². The monoisotopic (exact) mass is 959 g/mol. The number of ether oxygens (including phenoxy) is 2. The lowest BCUT2D eigenvalue weighted by Gasteiger charge is -2.42. The lowest BCUT2D eigenvalue weighted by Crippen LogP contribution is -2.57. The summed E-state index contributed by atoms with van der Waals surface area (Å²) in [6.45, 7) is 12.4. The zero-order valence-corrected chi connectivity index (χ0v) is 41.3. The molecule has 16 nitrogen and oxygen atoms in total. The van der Waals surface area contributed by atoms with Crippen LogP contribution in [0.25, 0.3) is 33.6 Å². The number of carbonyl (C=O) groups excluding carboxylic acids is 2. The molecule has 6 heterocycles. The van der Waals surface area contributed by atoms with E-state index in [1.807, 2.05) is 49.9 Å². The van der Waals surface area contributed by atoms with Gasteiger partial charge in [-0.3, -0.25) is 9.59 Å². The van der Waals surface area contributed by atoms with Crippen LogP contribution in [0.1, 0.15) is 140 Å². The van der Waals surface area contributed by atoms with E-state index in [-0.39, 0.29) is 84.1 Å². The quantitative estimate of drug-likeness (QED) is 0.0838. The number of imidazole rings is 2. The van der Waals surface area contributed by atoms with E-state index in [1.54, 1.807) is 0 Å². The zero-order valence-electron chi connectivity index (χ0n) is 41.3. The van der Waals surface area contributed by atoms with E-state index in [0.29, 0.717) is 24.5 Å². The average Bonchev–Trinajstić information content (AvgIpc) is 4.20. The number of H-pyrrole nitrogens is 2. The zero-order chi connectivity index (χ0) is 49.1. The van der Waals surface area contributed by atoms with E-state index in [2.05, 4.69) is 70.8 Å². The first-order chi connectivity index (χ1) is 33.6. The Kier molecular flexibility index (Phi) is 13.3. The third kappa shape index (κ3) is 8.98. The molecule has 4 amide bonds. The average molecular weight is 959 g/mol. The number of benzene rings is 2. The molecule has 6 fully saturated rings.